The number of carbonyl (C=O) groups excluding carboxylic acids is 2. The molecule has 0 N–H and O–H groups in total. The van der Waals surface area contributed by atoms with Crippen LogP contribution in [-0.4, -0.2) is 24.6 Å². The molecule has 4 saturated carbocycles. The second-order valence-corrected chi connectivity index (χ2v) is 11.5. The van der Waals surface area contributed by atoms with Crippen LogP contribution >= 0.6 is 0 Å². The van der Waals surface area contributed by atoms with Crippen molar-refractivity contribution in [3.05, 3.63) is 11.6 Å². The van der Waals surface area contributed by atoms with E-state index in [-0.39, 0.29) is 30.1 Å². The van der Waals surface area contributed by atoms with Crippen LogP contribution in [0.1, 0.15) is 85.5 Å². The third-order valence-corrected chi connectivity index (χ3v) is 10.1. The number of carbonyl (C=O) groups is 2. The summed E-state index contributed by atoms with van der Waals surface area (Å²) >= 11 is 0. The maximum Gasteiger partial charge on any atom is 0.302 e. The van der Waals surface area contributed by atoms with Gasteiger partial charge in [-0.05, 0) is 104 Å². The Morgan fingerprint density at radius 3 is 2.38 bits per heavy atom. The Labute approximate surface area is 192 Å². The molecule has 0 aromatic rings. The fraction of sp³-hybridized carbons (Fsp3) is 0.815. The van der Waals surface area contributed by atoms with Crippen LogP contribution in [0.15, 0.2) is 11.6 Å². The van der Waals surface area contributed by atoms with Gasteiger partial charge in [0.15, 0.2) is 0 Å². The Kier molecular flexibility index (Phi) is 6.45. The van der Waals surface area contributed by atoms with Gasteiger partial charge in [0.1, 0.15) is 12.7 Å². The van der Waals surface area contributed by atoms with Crippen molar-refractivity contribution in [1.29, 1.82) is 5.26 Å². The zero-order valence-corrected chi connectivity index (χ0v) is 20.2. The van der Waals surface area contributed by atoms with Gasteiger partial charge in [0.25, 0.3) is 0 Å². The van der Waals surface area contributed by atoms with Crippen LogP contribution in [0.2, 0.25) is 0 Å². The van der Waals surface area contributed by atoms with E-state index in [0.29, 0.717) is 23.2 Å². The zero-order valence-electron chi connectivity index (χ0n) is 20.2. The van der Waals surface area contributed by atoms with Crippen molar-refractivity contribution in [1.82, 2.24) is 0 Å². The molecule has 0 aromatic heterocycles. The minimum Gasteiger partial charge on any atom is -0.463 e. The number of ether oxygens (including phenoxy) is 2. The normalized spacial score (nSPS) is 43.3. The molecule has 0 heterocycles. The summed E-state index contributed by atoms with van der Waals surface area (Å²) in [7, 11) is 0. The van der Waals surface area contributed by atoms with E-state index in [9.17, 15) is 14.9 Å². The fourth-order valence-corrected chi connectivity index (χ4v) is 8.68. The molecule has 8 atom stereocenters. The average molecular weight is 442 g/mol. The second kappa shape index (κ2) is 8.84. The van der Waals surface area contributed by atoms with E-state index < -0.39 is 0 Å². The lowest BCUT2D eigenvalue weighted by atomic mass is 9.44. The molecule has 0 spiro atoms. The molecule has 0 amide bonds. The summed E-state index contributed by atoms with van der Waals surface area (Å²) in [5.74, 6) is 2.71. The Hall–Kier alpha value is -1.83. The van der Waals surface area contributed by atoms with Gasteiger partial charge in [-0.15, -0.1) is 0 Å². The summed E-state index contributed by atoms with van der Waals surface area (Å²) in [5, 5.41) is 9.37. The van der Waals surface area contributed by atoms with Gasteiger partial charge in [0, 0.05) is 19.9 Å². The first-order valence-corrected chi connectivity index (χ1v) is 12.6. The van der Waals surface area contributed by atoms with Crippen LogP contribution in [-0.2, 0) is 19.1 Å². The summed E-state index contributed by atoms with van der Waals surface area (Å²) in [6.45, 7) is 8.18. The predicted octanol–water partition coefficient (Wildman–Crippen LogP) is 5.59. The fourth-order valence-electron chi connectivity index (χ4n) is 8.68. The maximum absolute atomic E-state index is 11.5. The van der Waals surface area contributed by atoms with Crippen molar-refractivity contribution < 1.29 is 19.1 Å². The number of rotatable bonds is 4. The highest BCUT2D eigenvalue weighted by molar-refractivity contribution is 5.66. The number of nitrogens with zero attached hydrogens (tertiary/aromatic N) is 1. The molecular weight excluding hydrogens is 402 g/mol. The van der Waals surface area contributed by atoms with Gasteiger partial charge in [0.2, 0.25) is 0 Å². The van der Waals surface area contributed by atoms with Crippen LogP contribution in [0.3, 0.4) is 0 Å². The topological polar surface area (TPSA) is 76.4 Å². The largest absolute Gasteiger partial charge is 0.463 e. The van der Waals surface area contributed by atoms with Crippen LogP contribution in [0.5, 0.6) is 0 Å². The molecule has 4 fully saturated rings. The van der Waals surface area contributed by atoms with Crippen molar-refractivity contribution in [2.24, 2.45) is 40.4 Å². The lowest BCUT2D eigenvalue weighted by molar-refractivity contribution is -0.159. The molecule has 0 aliphatic heterocycles. The monoisotopic (exact) mass is 441 g/mol. The first-order valence-electron chi connectivity index (χ1n) is 12.6. The molecule has 5 heteroatoms. The molecule has 4 aliphatic carbocycles. The summed E-state index contributed by atoms with van der Waals surface area (Å²) in [6, 6.07) is 2.21. The van der Waals surface area contributed by atoms with E-state index >= 15 is 0 Å². The molecule has 176 valence electrons. The number of allylic oxidation sites excluding steroid dienone is 1. The molecule has 5 nitrogen and oxygen atoms in total. The van der Waals surface area contributed by atoms with E-state index in [0.717, 1.165) is 43.1 Å². The number of hydrogen-bond donors (Lipinski definition) is 0. The SMILES string of the molecule is CC(=O)OC/C(=C/C#N)[C@H]1CC[C@H]2[C@@H]3CC[C@H]4C[C@@H](OC(C)=O)CC[C@]4(C)[C@H]3CC[C@]12C. The van der Waals surface area contributed by atoms with Crippen molar-refractivity contribution in [3.8, 4) is 6.07 Å². The number of hydrogen-bond acceptors (Lipinski definition) is 5. The van der Waals surface area contributed by atoms with Gasteiger partial charge in [-0.3, -0.25) is 9.59 Å². The molecule has 4 rings (SSSR count). The van der Waals surface area contributed by atoms with E-state index in [4.69, 9.17) is 9.47 Å². The van der Waals surface area contributed by atoms with Crippen molar-refractivity contribution in [3.63, 3.8) is 0 Å². The van der Waals surface area contributed by atoms with Gasteiger partial charge in [-0.25, -0.2) is 0 Å². The standard InChI is InChI=1S/C27H39NO4/c1-17(29)31-16-19(11-14-28)23-7-8-24-22-6-5-20-15-21(32-18(2)30)9-12-26(20,3)25(22)10-13-27(23,24)4/h11,20-25H,5-10,12-13,15-16H2,1-4H3/b19-11-/t20-,21-,22-,23+,24-,25-,26-,27+/m0/s1. The van der Waals surface area contributed by atoms with Crippen molar-refractivity contribution >= 4 is 11.9 Å². The van der Waals surface area contributed by atoms with Crippen LogP contribution in [0, 0.1) is 51.8 Å². The molecule has 0 unspecified atom stereocenters. The van der Waals surface area contributed by atoms with Gasteiger partial charge in [0.05, 0.1) is 6.07 Å². The second-order valence-electron chi connectivity index (χ2n) is 11.5. The Balaban J connectivity index is 1.52. The first kappa shape index (κ1) is 23.3. The minimum absolute atomic E-state index is 0.104. The molecule has 0 saturated heterocycles. The predicted molar refractivity (Wildman–Crippen MR) is 121 cm³/mol. The Bertz CT molecular complexity index is 828. The summed E-state index contributed by atoms with van der Waals surface area (Å²) < 4.78 is 10.9. The highest BCUT2D eigenvalue weighted by Gasteiger charge is 2.60. The maximum atomic E-state index is 11.5. The first-order chi connectivity index (χ1) is 15.2. The average Bonchev–Trinajstić information content (AvgIpc) is 3.08. The number of fused-ring (bicyclic) bond motifs is 5. The zero-order chi connectivity index (χ0) is 23.1. The van der Waals surface area contributed by atoms with Crippen LogP contribution in [0.4, 0.5) is 0 Å². The molecular formula is C27H39NO4. The van der Waals surface area contributed by atoms with Crippen molar-refractivity contribution in [2.75, 3.05) is 6.61 Å². The quantitative estimate of drug-likeness (QED) is 0.420. The summed E-state index contributed by atoms with van der Waals surface area (Å²) in [5.41, 5.74) is 1.54. The Morgan fingerprint density at radius 2 is 1.69 bits per heavy atom. The highest BCUT2D eigenvalue weighted by Crippen LogP contribution is 2.68. The molecule has 0 aromatic carbocycles. The number of esters is 2. The molecule has 0 radical (unpaired) electrons. The van der Waals surface area contributed by atoms with Gasteiger partial charge in [-0.2, -0.15) is 5.26 Å². The van der Waals surface area contributed by atoms with Crippen LogP contribution in [0.25, 0.3) is 0 Å². The molecule has 0 bridgehead atoms. The van der Waals surface area contributed by atoms with Gasteiger partial charge in [-0.1, -0.05) is 13.8 Å². The third kappa shape index (κ3) is 3.99. The summed E-state index contributed by atoms with van der Waals surface area (Å²) in [6.07, 6.45) is 12.2. The van der Waals surface area contributed by atoms with Gasteiger partial charge < -0.3 is 9.47 Å². The number of nitriles is 1. The van der Waals surface area contributed by atoms with E-state index in [2.05, 4.69) is 19.9 Å². The molecule has 32 heavy (non-hydrogen) atoms. The van der Waals surface area contributed by atoms with Crippen molar-refractivity contribution in [2.45, 2.75) is 91.6 Å². The minimum atomic E-state index is -0.284. The smallest absolute Gasteiger partial charge is 0.302 e. The molecule has 4 aliphatic rings. The lowest BCUT2D eigenvalue weighted by Crippen LogP contribution is -2.54. The van der Waals surface area contributed by atoms with E-state index in [1.165, 1.54) is 46.0 Å². The van der Waals surface area contributed by atoms with Crippen LogP contribution < -0.4 is 0 Å². The van der Waals surface area contributed by atoms with Gasteiger partial charge >= 0.3 is 11.9 Å². The highest BCUT2D eigenvalue weighted by atomic mass is 16.5. The lowest BCUT2D eigenvalue weighted by Gasteiger charge is -2.61. The third-order valence-electron chi connectivity index (χ3n) is 10.1. The summed E-state index contributed by atoms with van der Waals surface area (Å²) in [4.78, 5) is 22.9. The Morgan fingerprint density at radius 1 is 0.969 bits per heavy atom. The van der Waals surface area contributed by atoms with E-state index in [1.807, 2.05) is 0 Å². The van der Waals surface area contributed by atoms with E-state index in [1.54, 1.807) is 6.08 Å².